The molecule has 2 rings (SSSR count). The van der Waals surface area contributed by atoms with E-state index >= 15 is 0 Å². The lowest BCUT2D eigenvalue weighted by Crippen LogP contribution is -2.17. The normalized spacial score (nSPS) is 13.3. The van der Waals surface area contributed by atoms with Gasteiger partial charge in [0.2, 0.25) is 5.13 Å². The van der Waals surface area contributed by atoms with Gasteiger partial charge in [0.1, 0.15) is 5.82 Å². The smallest absolute Gasteiger partial charge is 0.253 e. The number of benzene rings is 1. The summed E-state index contributed by atoms with van der Waals surface area (Å²) in [5.74, 6) is 0.141. The minimum atomic E-state index is -5.15. The molecule has 0 amide bonds. The van der Waals surface area contributed by atoms with Gasteiger partial charge < -0.3 is 0 Å². The Hall–Kier alpha value is -1.89. The molecule has 26 heavy (non-hydrogen) atoms. The highest BCUT2D eigenvalue weighted by atomic mass is 32.2. The summed E-state index contributed by atoms with van der Waals surface area (Å²) >= 11 is 0.623. The molecule has 0 bridgehead atoms. The minimum absolute atomic E-state index is 0.127. The molecule has 5 nitrogen and oxygen atoms in total. The van der Waals surface area contributed by atoms with Crippen LogP contribution in [0, 0.1) is 0 Å². The molecule has 1 aromatic carbocycles. The maximum Gasteiger partial charge on any atom is 0.416 e. The van der Waals surface area contributed by atoms with Crippen LogP contribution in [-0.2, 0) is 22.4 Å². The second-order valence-electron chi connectivity index (χ2n) is 5.46. The first kappa shape index (κ1) is 20.4. The number of anilines is 1. The Morgan fingerprint density at radius 1 is 1.00 bits per heavy atom. The van der Waals surface area contributed by atoms with Crippen molar-refractivity contribution in [2.75, 3.05) is 4.72 Å². The standard InChI is InChI=1S/C13H11F6N3O2S2/c1-6(2)10-20-11(25-21-10)22-26(23,24)9-4-7(12(14,15)16)3-8(5-9)13(17,18)19/h3-6H,1-2H3,(H,20,21,22). The van der Waals surface area contributed by atoms with Gasteiger partial charge in [-0.15, -0.1) is 0 Å². The molecule has 0 radical (unpaired) electrons. The Balaban J connectivity index is 2.50. The van der Waals surface area contributed by atoms with Crippen molar-refractivity contribution in [1.82, 2.24) is 9.36 Å². The van der Waals surface area contributed by atoms with Crippen molar-refractivity contribution in [3.8, 4) is 0 Å². The third kappa shape index (κ3) is 4.63. The van der Waals surface area contributed by atoms with E-state index in [0.29, 0.717) is 11.5 Å². The highest BCUT2D eigenvalue weighted by molar-refractivity contribution is 7.93. The Labute approximate surface area is 148 Å². The quantitative estimate of drug-likeness (QED) is 0.741. The largest absolute Gasteiger partial charge is 0.416 e. The van der Waals surface area contributed by atoms with Crippen molar-refractivity contribution in [3.63, 3.8) is 0 Å². The maximum atomic E-state index is 12.8. The number of hydrogen-bond donors (Lipinski definition) is 1. The number of hydrogen-bond acceptors (Lipinski definition) is 5. The van der Waals surface area contributed by atoms with Crippen LogP contribution in [0.4, 0.5) is 31.5 Å². The fourth-order valence-electron chi connectivity index (χ4n) is 1.77. The summed E-state index contributed by atoms with van der Waals surface area (Å²) < 4.78 is 107. The van der Waals surface area contributed by atoms with Crippen LogP contribution < -0.4 is 4.72 Å². The molecule has 0 spiro atoms. The van der Waals surface area contributed by atoms with Gasteiger partial charge in [0.05, 0.1) is 16.0 Å². The van der Waals surface area contributed by atoms with Crippen LogP contribution in [-0.4, -0.2) is 17.8 Å². The Morgan fingerprint density at radius 2 is 1.50 bits per heavy atom. The van der Waals surface area contributed by atoms with Gasteiger partial charge >= 0.3 is 12.4 Å². The lowest BCUT2D eigenvalue weighted by molar-refractivity contribution is -0.143. The van der Waals surface area contributed by atoms with Crippen LogP contribution in [0.3, 0.4) is 0 Å². The van der Waals surface area contributed by atoms with Gasteiger partial charge in [0.15, 0.2) is 0 Å². The first-order valence-electron chi connectivity index (χ1n) is 6.86. The zero-order chi connectivity index (χ0) is 19.9. The van der Waals surface area contributed by atoms with Crippen molar-refractivity contribution in [1.29, 1.82) is 0 Å². The highest BCUT2D eigenvalue weighted by Crippen LogP contribution is 2.37. The second-order valence-corrected chi connectivity index (χ2v) is 7.89. The average Bonchev–Trinajstić information content (AvgIpc) is 2.93. The minimum Gasteiger partial charge on any atom is -0.253 e. The number of aromatic nitrogens is 2. The van der Waals surface area contributed by atoms with Gasteiger partial charge in [-0.05, 0) is 18.2 Å². The van der Waals surface area contributed by atoms with Crippen molar-refractivity contribution < 1.29 is 34.8 Å². The van der Waals surface area contributed by atoms with Crippen molar-refractivity contribution in [3.05, 3.63) is 35.2 Å². The van der Waals surface area contributed by atoms with Crippen molar-refractivity contribution >= 4 is 26.7 Å². The number of sulfonamides is 1. The third-order valence-electron chi connectivity index (χ3n) is 3.05. The summed E-state index contributed by atoms with van der Waals surface area (Å²) in [6.45, 7) is 3.45. The maximum absolute atomic E-state index is 12.8. The van der Waals surface area contributed by atoms with Crippen LogP contribution in [0.1, 0.15) is 36.7 Å². The molecule has 0 saturated heterocycles. The van der Waals surface area contributed by atoms with Crippen LogP contribution in [0.2, 0.25) is 0 Å². The monoisotopic (exact) mass is 419 g/mol. The first-order valence-corrected chi connectivity index (χ1v) is 9.11. The van der Waals surface area contributed by atoms with Crippen molar-refractivity contribution in [2.24, 2.45) is 0 Å². The molecule has 0 aliphatic heterocycles. The SMILES string of the molecule is CC(C)c1nsc(NS(=O)(=O)c2cc(C(F)(F)F)cc(C(F)(F)F)c2)n1. The number of nitrogens with one attached hydrogen (secondary N) is 1. The summed E-state index contributed by atoms with van der Waals surface area (Å²) in [5, 5.41) is -0.264. The van der Waals surface area contributed by atoms with E-state index in [1.165, 1.54) is 0 Å². The van der Waals surface area contributed by atoms with Crippen LogP contribution >= 0.6 is 11.5 Å². The molecule has 0 aliphatic rings. The second kappa shape index (κ2) is 6.68. The molecule has 0 atom stereocenters. The predicted octanol–water partition coefficient (Wildman–Crippen LogP) is 4.50. The number of rotatable bonds is 4. The number of halogens is 6. The summed E-state index contributed by atoms with van der Waals surface area (Å²) in [6, 6.07) is 0.102. The number of nitrogens with zero attached hydrogens (tertiary/aromatic N) is 2. The van der Waals surface area contributed by atoms with Crippen LogP contribution in [0.15, 0.2) is 23.1 Å². The van der Waals surface area contributed by atoms with E-state index in [9.17, 15) is 34.8 Å². The fraction of sp³-hybridized carbons (Fsp3) is 0.385. The molecule has 0 unspecified atom stereocenters. The molecular formula is C13H11F6N3O2S2. The Bertz CT molecular complexity index is 871. The zero-order valence-corrected chi connectivity index (χ0v) is 14.7. The summed E-state index contributed by atoms with van der Waals surface area (Å²) in [7, 11) is -4.73. The van der Waals surface area contributed by atoms with E-state index in [-0.39, 0.29) is 35.1 Å². The van der Waals surface area contributed by atoms with Gasteiger partial charge in [-0.2, -0.15) is 30.7 Å². The van der Waals surface area contributed by atoms with E-state index in [1.54, 1.807) is 13.8 Å². The van der Waals surface area contributed by atoms with E-state index in [2.05, 4.69) is 9.36 Å². The summed E-state index contributed by atoms with van der Waals surface area (Å²) in [5.41, 5.74) is -3.46. The molecular weight excluding hydrogens is 408 g/mol. The zero-order valence-electron chi connectivity index (χ0n) is 13.1. The van der Waals surface area contributed by atoms with Gasteiger partial charge in [-0.3, -0.25) is 4.72 Å². The molecule has 144 valence electrons. The molecule has 2 aromatic rings. The molecule has 1 N–H and O–H groups in total. The van der Waals surface area contributed by atoms with Gasteiger partial charge in [-0.1, -0.05) is 13.8 Å². The predicted molar refractivity (Wildman–Crippen MR) is 81.3 cm³/mol. The van der Waals surface area contributed by atoms with E-state index in [0.717, 1.165) is 0 Å². The molecule has 1 aromatic heterocycles. The molecule has 0 aliphatic carbocycles. The molecule has 0 fully saturated rings. The number of alkyl halides is 6. The molecule has 0 saturated carbocycles. The average molecular weight is 419 g/mol. The lowest BCUT2D eigenvalue weighted by atomic mass is 10.1. The van der Waals surface area contributed by atoms with Gasteiger partial charge in [-0.25, -0.2) is 13.4 Å². The summed E-state index contributed by atoms with van der Waals surface area (Å²) in [4.78, 5) is 2.66. The first-order chi connectivity index (χ1) is 11.7. The van der Waals surface area contributed by atoms with E-state index in [4.69, 9.17) is 0 Å². The lowest BCUT2D eigenvalue weighted by Gasteiger charge is -2.14. The molecule has 13 heteroatoms. The van der Waals surface area contributed by atoms with Crippen molar-refractivity contribution in [2.45, 2.75) is 37.0 Å². The summed E-state index contributed by atoms with van der Waals surface area (Å²) in [6.07, 6.45) is -10.3. The Kier molecular flexibility index (Phi) is 5.25. The van der Waals surface area contributed by atoms with E-state index in [1.807, 2.05) is 4.72 Å². The van der Waals surface area contributed by atoms with Crippen LogP contribution in [0.25, 0.3) is 0 Å². The van der Waals surface area contributed by atoms with Gasteiger partial charge in [0, 0.05) is 17.5 Å². The fourth-order valence-corrected chi connectivity index (χ4v) is 3.77. The Morgan fingerprint density at radius 3 is 1.88 bits per heavy atom. The topological polar surface area (TPSA) is 72.0 Å². The van der Waals surface area contributed by atoms with Gasteiger partial charge in [0.25, 0.3) is 10.0 Å². The molecule has 1 heterocycles. The van der Waals surface area contributed by atoms with Crippen LogP contribution in [0.5, 0.6) is 0 Å². The third-order valence-corrected chi connectivity index (χ3v) is 5.14. The van der Waals surface area contributed by atoms with E-state index < -0.39 is 38.4 Å². The highest BCUT2D eigenvalue weighted by Gasteiger charge is 2.38.